The first-order chi connectivity index (χ1) is 9.78. The van der Waals surface area contributed by atoms with Gasteiger partial charge in [0.15, 0.2) is 0 Å². The van der Waals surface area contributed by atoms with E-state index in [1.165, 1.54) is 0 Å². The topological polar surface area (TPSA) is 53.1 Å². The summed E-state index contributed by atoms with van der Waals surface area (Å²) in [5, 5.41) is 4.10. The molecule has 0 amide bonds. The van der Waals surface area contributed by atoms with Gasteiger partial charge < -0.3 is 15.0 Å². The van der Waals surface area contributed by atoms with E-state index in [-0.39, 0.29) is 12.4 Å². The number of imidazole rings is 1. The molecule has 2 heterocycles. The van der Waals surface area contributed by atoms with Gasteiger partial charge in [0.05, 0.1) is 19.3 Å². The van der Waals surface area contributed by atoms with Crippen LogP contribution in [0, 0.1) is 0 Å². The Morgan fingerprint density at radius 3 is 2.81 bits per heavy atom. The van der Waals surface area contributed by atoms with Crippen LogP contribution in [0.1, 0.15) is 5.56 Å². The molecule has 1 aromatic carbocycles. The minimum atomic E-state index is 0. The lowest BCUT2D eigenvalue weighted by atomic mass is 10.2. The Morgan fingerprint density at radius 1 is 1.29 bits per heavy atom. The van der Waals surface area contributed by atoms with Crippen LogP contribution < -0.4 is 10.5 Å². The zero-order valence-electron chi connectivity index (χ0n) is 11.5. The molecule has 21 heavy (non-hydrogen) atoms. The maximum absolute atomic E-state index is 6.00. The van der Waals surface area contributed by atoms with Crippen molar-refractivity contribution in [1.29, 1.82) is 0 Å². The summed E-state index contributed by atoms with van der Waals surface area (Å²) in [6.45, 7) is 0.646. The second kappa shape index (κ2) is 6.65. The van der Waals surface area contributed by atoms with Crippen LogP contribution in [0.25, 0.3) is 11.3 Å². The largest absolute Gasteiger partial charge is 0.496 e. The molecule has 0 aliphatic carbocycles. The molecule has 0 radical (unpaired) electrons. The van der Waals surface area contributed by atoms with E-state index in [0.29, 0.717) is 12.5 Å². The minimum Gasteiger partial charge on any atom is -0.496 e. The molecule has 4 nitrogen and oxygen atoms in total. The number of thiophene rings is 1. The number of nitrogens with zero attached hydrogens (tertiary/aromatic N) is 2. The van der Waals surface area contributed by atoms with Crippen LogP contribution in [0.4, 0.5) is 5.95 Å². The zero-order chi connectivity index (χ0) is 13.9. The van der Waals surface area contributed by atoms with E-state index in [9.17, 15) is 0 Å². The molecule has 0 saturated heterocycles. The summed E-state index contributed by atoms with van der Waals surface area (Å²) >= 11 is 1.65. The van der Waals surface area contributed by atoms with Crippen LogP contribution in [0.5, 0.6) is 5.75 Å². The standard InChI is InChI=1S/C15H15N3OS.ClH/c1-19-14-5-3-2-4-11(14)8-18-9-13(17-15(18)16)12-6-7-20-10-12;/h2-7,9-10H,8H2,1H3,(H2,16,17);1H. The third-order valence-electron chi connectivity index (χ3n) is 3.16. The Labute approximate surface area is 133 Å². The molecule has 2 aromatic heterocycles. The summed E-state index contributed by atoms with van der Waals surface area (Å²) < 4.78 is 7.30. The van der Waals surface area contributed by atoms with E-state index in [1.807, 2.05) is 46.5 Å². The number of rotatable bonds is 4. The Morgan fingerprint density at radius 2 is 2.10 bits per heavy atom. The number of hydrogen-bond donors (Lipinski definition) is 1. The third-order valence-corrected chi connectivity index (χ3v) is 3.84. The van der Waals surface area contributed by atoms with Crippen LogP contribution in [-0.2, 0) is 6.54 Å². The fraction of sp³-hybridized carbons (Fsp3) is 0.133. The van der Waals surface area contributed by atoms with Gasteiger partial charge in [0, 0.05) is 22.7 Å². The van der Waals surface area contributed by atoms with Crippen molar-refractivity contribution in [3.8, 4) is 17.0 Å². The summed E-state index contributed by atoms with van der Waals surface area (Å²) in [5.74, 6) is 1.37. The van der Waals surface area contributed by atoms with Gasteiger partial charge in [0.25, 0.3) is 0 Å². The highest BCUT2D eigenvalue weighted by Gasteiger charge is 2.09. The van der Waals surface area contributed by atoms with E-state index >= 15 is 0 Å². The number of nitrogen functional groups attached to an aromatic ring is 1. The van der Waals surface area contributed by atoms with Gasteiger partial charge in [-0.15, -0.1) is 12.4 Å². The number of ether oxygens (including phenoxy) is 1. The average molecular weight is 322 g/mol. The van der Waals surface area contributed by atoms with Crippen molar-refractivity contribution in [1.82, 2.24) is 9.55 Å². The van der Waals surface area contributed by atoms with Crippen LogP contribution in [0.15, 0.2) is 47.3 Å². The van der Waals surface area contributed by atoms with Crippen LogP contribution in [0.2, 0.25) is 0 Å². The number of anilines is 1. The predicted molar refractivity (Wildman–Crippen MR) is 89.3 cm³/mol. The normalized spacial score (nSPS) is 10.1. The molecule has 0 aliphatic rings. The van der Waals surface area contributed by atoms with E-state index in [1.54, 1.807) is 18.4 Å². The molecule has 0 fully saturated rings. The van der Waals surface area contributed by atoms with Gasteiger partial charge >= 0.3 is 0 Å². The molecule has 3 rings (SSSR count). The Bertz CT molecular complexity index is 710. The molecule has 2 N–H and O–H groups in total. The Kier molecular flexibility index (Phi) is 4.88. The molecule has 6 heteroatoms. The summed E-state index contributed by atoms with van der Waals surface area (Å²) in [6.07, 6.45) is 1.98. The number of halogens is 1. The maximum Gasteiger partial charge on any atom is 0.201 e. The first-order valence-electron chi connectivity index (χ1n) is 6.25. The number of nitrogens with two attached hydrogens (primary N) is 1. The smallest absolute Gasteiger partial charge is 0.201 e. The summed E-state index contributed by atoms with van der Waals surface area (Å²) in [7, 11) is 1.67. The Hall–Kier alpha value is -1.98. The summed E-state index contributed by atoms with van der Waals surface area (Å²) in [6, 6.07) is 9.96. The maximum atomic E-state index is 6.00. The number of methoxy groups -OCH3 is 1. The summed E-state index contributed by atoms with van der Waals surface area (Å²) in [4.78, 5) is 4.41. The minimum absolute atomic E-state index is 0. The Balaban J connectivity index is 0.00000161. The fourth-order valence-corrected chi connectivity index (χ4v) is 2.77. The molecule has 3 aromatic rings. The van der Waals surface area contributed by atoms with E-state index in [2.05, 4.69) is 10.4 Å². The SMILES string of the molecule is COc1ccccc1Cn1cc(-c2ccsc2)nc1N.Cl. The molecular weight excluding hydrogens is 306 g/mol. The number of para-hydroxylation sites is 1. The fourth-order valence-electron chi connectivity index (χ4n) is 2.12. The van der Waals surface area contributed by atoms with Crippen molar-refractivity contribution >= 4 is 29.7 Å². The van der Waals surface area contributed by atoms with Gasteiger partial charge in [-0.1, -0.05) is 18.2 Å². The van der Waals surface area contributed by atoms with E-state index < -0.39 is 0 Å². The van der Waals surface area contributed by atoms with Crippen molar-refractivity contribution in [2.45, 2.75) is 6.54 Å². The van der Waals surface area contributed by atoms with Crippen LogP contribution >= 0.6 is 23.7 Å². The van der Waals surface area contributed by atoms with Crippen molar-refractivity contribution < 1.29 is 4.74 Å². The first kappa shape index (κ1) is 15.4. The van der Waals surface area contributed by atoms with Crippen molar-refractivity contribution in [2.24, 2.45) is 0 Å². The van der Waals surface area contributed by atoms with Crippen molar-refractivity contribution in [2.75, 3.05) is 12.8 Å². The lowest BCUT2D eigenvalue weighted by Crippen LogP contribution is -2.04. The molecule has 110 valence electrons. The van der Waals surface area contributed by atoms with Crippen LogP contribution in [0.3, 0.4) is 0 Å². The molecular formula is C15H16ClN3OS. The lowest BCUT2D eigenvalue weighted by Gasteiger charge is -2.09. The summed E-state index contributed by atoms with van der Waals surface area (Å²) in [5.41, 5.74) is 9.08. The van der Waals surface area contributed by atoms with Gasteiger partial charge in [-0.25, -0.2) is 4.98 Å². The predicted octanol–water partition coefficient (Wildman–Crippen LogP) is 3.67. The average Bonchev–Trinajstić information content (AvgIpc) is 3.10. The monoisotopic (exact) mass is 321 g/mol. The van der Waals surface area contributed by atoms with Gasteiger partial charge in [-0.3, -0.25) is 0 Å². The van der Waals surface area contributed by atoms with Crippen molar-refractivity contribution in [3.05, 3.63) is 52.9 Å². The lowest BCUT2D eigenvalue weighted by molar-refractivity contribution is 0.408. The molecule has 0 aliphatic heterocycles. The highest BCUT2D eigenvalue weighted by molar-refractivity contribution is 7.08. The van der Waals surface area contributed by atoms with Gasteiger partial charge in [-0.2, -0.15) is 11.3 Å². The van der Waals surface area contributed by atoms with Crippen LogP contribution in [-0.4, -0.2) is 16.7 Å². The quantitative estimate of drug-likeness (QED) is 0.797. The number of benzene rings is 1. The molecule has 0 unspecified atom stereocenters. The van der Waals surface area contributed by atoms with Crippen molar-refractivity contribution in [3.63, 3.8) is 0 Å². The third kappa shape index (κ3) is 3.20. The highest BCUT2D eigenvalue weighted by Crippen LogP contribution is 2.24. The molecule has 0 spiro atoms. The number of hydrogen-bond acceptors (Lipinski definition) is 4. The molecule has 0 atom stereocenters. The van der Waals surface area contributed by atoms with Gasteiger partial charge in [-0.05, 0) is 17.5 Å². The van der Waals surface area contributed by atoms with Gasteiger partial charge in [0.2, 0.25) is 5.95 Å². The highest BCUT2D eigenvalue weighted by atomic mass is 35.5. The molecule has 0 saturated carbocycles. The second-order valence-corrected chi connectivity index (χ2v) is 5.22. The van der Waals surface area contributed by atoms with Gasteiger partial charge in [0.1, 0.15) is 5.75 Å². The van der Waals surface area contributed by atoms with E-state index in [0.717, 1.165) is 22.6 Å². The van der Waals surface area contributed by atoms with E-state index in [4.69, 9.17) is 10.5 Å². The zero-order valence-corrected chi connectivity index (χ0v) is 13.2. The second-order valence-electron chi connectivity index (χ2n) is 4.44. The first-order valence-corrected chi connectivity index (χ1v) is 7.19. The molecule has 0 bridgehead atoms. The number of aromatic nitrogens is 2.